The van der Waals surface area contributed by atoms with E-state index in [1.807, 2.05) is 92.7 Å². The molecule has 0 saturated carbocycles. The van der Waals surface area contributed by atoms with Crippen LogP contribution in [0.15, 0.2) is 78.9 Å². The highest BCUT2D eigenvalue weighted by molar-refractivity contribution is 5.69. The molecular formula is C27H29NO4. The van der Waals surface area contributed by atoms with Crippen LogP contribution in [0.3, 0.4) is 0 Å². The number of β-amino-alcohol motifs (C(OH)–C–C–N with tert-alkyl or cyclic N) is 1. The Balaban J connectivity index is 1.69. The molecule has 166 valence electrons. The third kappa shape index (κ3) is 4.40. The van der Waals surface area contributed by atoms with Crippen LogP contribution in [-0.2, 0) is 16.9 Å². The van der Waals surface area contributed by atoms with E-state index in [9.17, 15) is 15.0 Å². The van der Waals surface area contributed by atoms with Gasteiger partial charge < -0.3 is 14.9 Å². The second kappa shape index (κ2) is 9.15. The molecule has 0 spiro atoms. The summed E-state index contributed by atoms with van der Waals surface area (Å²) in [7, 11) is 0. The lowest BCUT2D eigenvalue weighted by atomic mass is 9.78. The predicted molar refractivity (Wildman–Crippen MR) is 123 cm³/mol. The van der Waals surface area contributed by atoms with Gasteiger partial charge in [0.25, 0.3) is 0 Å². The van der Waals surface area contributed by atoms with E-state index in [-0.39, 0.29) is 19.6 Å². The zero-order chi connectivity index (χ0) is 22.7. The molecule has 1 saturated heterocycles. The number of aliphatic hydroxyl groups excluding tert-OH is 1. The second-order valence-corrected chi connectivity index (χ2v) is 8.60. The second-order valence-electron chi connectivity index (χ2n) is 8.60. The lowest BCUT2D eigenvalue weighted by Crippen LogP contribution is -2.50. The van der Waals surface area contributed by atoms with Crippen LogP contribution >= 0.6 is 0 Å². The van der Waals surface area contributed by atoms with Gasteiger partial charge >= 0.3 is 6.09 Å². The number of benzene rings is 3. The van der Waals surface area contributed by atoms with Gasteiger partial charge in [-0.15, -0.1) is 0 Å². The van der Waals surface area contributed by atoms with Crippen molar-refractivity contribution in [1.82, 2.24) is 4.90 Å². The standard InChI is InChI=1S/C27H29NO4/c1-19-8-12-22(13-9-19)27(31,23-14-10-20(2)11-15-23)25-16-24(29)17-28(25)26(30)32-18-21-6-4-3-5-7-21/h3-15,24-25,29,31H,16-18H2,1-2H3/t24-,25+/m1/s1. The van der Waals surface area contributed by atoms with E-state index < -0.39 is 23.8 Å². The Morgan fingerprint density at radius 1 is 0.938 bits per heavy atom. The van der Waals surface area contributed by atoms with Gasteiger partial charge in [0.05, 0.1) is 18.7 Å². The maximum Gasteiger partial charge on any atom is 0.410 e. The van der Waals surface area contributed by atoms with Crippen molar-refractivity contribution in [3.8, 4) is 0 Å². The molecule has 1 aliphatic heterocycles. The Kier molecular flexibility index (Phi) is 6.31. The Morgan fingerprint density at radius 3 is 2.00 bits per heavy atom. The summed E-state index contributed by atoms with van der Waals surface area (Å²) in [5.41, 5.74) is 2.88. The van der Waals surface area contributed by atoms with Crippen molar-refractivity contribution < 1.29 is 19.7 Å². The quantitative estimate of drug-likeness (QED) is 0.632. The first-order valence-electron chi connectivity index (χ1n) is 10.9. The van der Waals surface area contributed by atoms with Gasteiger partial charge in [-0.1, -0.05) is 90.0 Å². The fourth-order valence-electron chi connectivity index (χ4n) is 4.38. The van der Waals surface area contributed by atoms with Gasteiger partial charge in [-0.2, -0.15) is 0 Å². The van der Waals surface area contributed by atoms with Crippen molar-refractivity contribution in [2.45, 2.75) is 44.6 Å². The first kappa shape index (κ1) is 22.1. The monoisotopic (exact) mass is 431 g/mol. The number of amides is 1. The molecule has 1 fully saturated rings. The minimum absolute atomic E-state index is 0.109. The molecule has 3 aromatic rings. The molecular weight excluding hydrogens is 402 g/mol. The van der Waals surface area contributed by atoms with Gasteiger partial charge in [0, 0.05) is 0 Å². The van der Waals surface area contributed by atoms with Crippen molar-refractivity contribution in [1.29, 1.82) is 0 Å². The molecule has 3 aromatic carbocycles. The molecule has 5 heteroatoms. The smallest absolute Gasteiger partial charge is 0.410 e. The number of hydrogen-bond acceptors (Lipinski definition) is 4. The fourth-order valence-corrected chi connectivity index (χ4v) is 4.38. The molecule has 1 heterocycles. The molecule has 4 rings (SSSR count). The Bertz CT molecular complexity index is 1000. The van der Waals surface area contributed by atoms with Gasteiger partial charge in [-0.3, -0.25) is 4.90 Å². The van der Waals surface area contributed by atoms with Gasteiger partial charge in [-0.05, 0) is 37.0 Å². The number of likely N-dealkylation sites (tertiary alicyclic amines) is 1. The van der Waals surface area contributed by atoms with Gasteiger partial charge in [0.2, 0.25) is 0 Å². The zero-order valence-corrected chi connectivity index (χ0v) is 18.4. The van der Waals surface area contributed by atoms with Crippen molar-refractivity contribution in [3.05, 3.63) is 107 Å². The van der Waals surface area contributed by atoms with E-state index in [4.69, 9.17) is 4.74 Å². The van der Waals surface area contributed by atoms with Crippen molar-refractivity contribution in [3.63, 3.8) is 0 Å². The van der Waals surface area contributed by atoms with E-state index in [2.05, 4.69) is 0 Å². The number of nitrogens with zero attached hydrogens (tertiary/aromatic N) is 1. The summed E-state index contributed by atoms with van der Waals surface area (Å²) in [4.78, 5) is 14.5. The number of rotatable bonds is 5. The summed E-state index contributed by atoms with van der Waals surface area (Å²) in [6.07, 6.45) is -1.04. The first-order chi connectivity index (χ1) is 15.4. The van der Waals surface area contributed by atoms with Crippen LogP contribution in [0.4, 0.5) is 4.79 Å². The molecule has 1 amide bonds. The van der Waals surface area contributed by atoms with Gasteiger partial charge in [-0.25, -0.2) is 4.79 Å². The van der Waals surface area contributed by atoms with E-state index in [0.29, 0.717) is 11.1 Å². The molecule has 0 aliphatic carbocycles. The van der Waals surface area contributed by atoms with Crippen molar-refractivity contribution in [2.75, 3.05) is 6.54 Å². The number of hydrogen-bond donors (Lipinski definition) is 2. The number of carbonyl (C=O) groups excluding carboxylic acids is 1. The topological polar surface area (TPSA) is 70.0 Å². The Morgan fingerprint density at radius 2 is 1.47 bits per heavy atom. The highest BCUT2D eigenvalue weighted by atomic mass is 16.6. The SMILES string of the molecule is Cc1ccc(C(O)(c2ccc(C)cc2)[C@@H]2C[C@@H](O)CN2C(=O)OCc2ccccc2)cc1. The summed E-state index contributed by atoms with van der Waals surface area (Å²) in [5.74, 6) is 0. The van der Waals surface area contributed by atoms with Crippen LogP contribution in [0.2, 0.25) is 0 Å². The number of carbonyl (C=O) groups is 1. The average Bonchev–Trinajstić information content (AvgIpc) is 3.21. The molecule has 2 N–H and O–H groups in total. The van der Waals surface area contributed by atoms with Crippen LogP contribution in [0.5, 0.6) is 0 Å². The highest BCUT2D eigenvalue weighted by Gasteiger charge is 2.50. The largest absolute Gasteiger partial charge is 0.445 e. The van der Waals surface area contributed by atoms with E-state index in [0.717, 1.165) is 16.7 Å². The summed E-state index contributed by atoms with van der Waals surface area (Å²) < 4.78 is 5.56. The number of ether oxygens (including phenoxy) is 1. The molecule has 2 atom stereocenters. The maximum atomic E-state index is 13.1. The van der Waals surface area contributed by atoms with Crippen molar-refractivity contribution in [2.24, 2.45) is 0 Å². The molecule has 1 aliphatic rings. The minimum atomic E-state index is -1.50. The molecule has 0 unspecified atom stereocenters. The van der Waals surface area contributed by atoms with E-state index >= 15 is 0 Å². The van der Waals surface area contributed by atoms with Crippen LogP contribution in [0.1, 0.15) is 34.2 Å². The summed E-state index contributed by atoms with van der Waals surface area (Å²) >= 11 is 0. The van der Waals surface area contributed by atoms with Crippen LogP contribution in [-0.4, -0.2) is 39.9 Å². The van der Waals surface area contributed by atoms with Gasteiger partial charge in [0.15, 0.2) is 0 Å². The predicted octanol–water partition coefficient (Wildman–Crippen LogP) is 4.31. The zero-order valence-electron chi connectivity index (χ0n) is 18.4. The third-order valence-corrected chi connectivity index (χ3v) is 6.18. The highest BCUT2D eigenvalue weighted by Crippen LogP contribution is 2.41. The average molecular weight is 432 g/mol. The Hall–Kier alpha value is -3.15. The number of aryl methyl sites for hydroxylation is 2. The van der Waals surface area contributed by atoms with E-state index in [1.54, 1.807) is 0 Å². The van der Waals surface area contributed by atoms with Crippen LogP contribution in [0, 0.1) is 13.8 Å². The third-order valence-electron chi connectivity index (χ3n) is 6.18. The number of aliphatic hydroxyl groups is 2. The van der Waals surface area contributed by atoms with Crippen LogP contribution in [0.25, 0.3) is 0 Å². The van der Waals surface area contributed by atoms with E-state index in [1.165, 1.54) is 4.90 Å². The lowest BCUT2D eigenvalue weighted by molar-refractivity contribution is -0.00700. The summed E-state index contributed by atoms with van der Waals surface area (Å²) in [6.45, 7) is 4.22. The molecule has 32 heavy (non-hydrogen) atoms. The van der Waals surface area contributed by atoms with Gasteiger partial charge in [0.1, 0.15) is 12.2 Å². The lowest BCUT2D eigenvalue weighted by Gasteiger charge is -2.39. The molecule has 0 bridgehead atoms. The van der Waals surface area contributed by atoms with Crippen LogP contribution < -0.4 is 0 Å². The van der Waals surface area contributed by atoms with Crippen molar-refractivity contribution >= 4 is 6.09 Å². The summed E-state index contributed by atoms with van der Waals surface area (Å²) in [6, 6.07) is 24.1. The Labute approximate surface area is 188 Å². The molecule has 0 radical (unpaired) electrons. The fraction of sp³-hybridized carbons (Fsp3) is 0.296. The molecule has 0 aromatic heterocycles. The normalized spacial score (nSPS) is 18.6. The summed E-state index contributed by atoms with van der Waals surface area (Å²) in [5, 5.41) is 22.7. The maximum absolute atomic E-state index is 13.1. The first-order valence-corrected chi connectivity index (χ1v) is 10.9. The molecule has 5 nitrogen and oxygen atoms in total. The minimum Gasteiger partial charge on any atom is -0.445 e.